The lowest BCUT2D eigenvalue weighted by atomic mass is 10.1. The third-order valence-electron chi connectivity index (χ3n) is 5.26. The zero-order valence-corrected chi connectivity index (χ0v) is 17.6. The van der Waals surface area contributed by atoms with Gasteiger partial charge in [-0.05, 0) is 41.6 Å². The lowest BCUT2D eigenvalue weighted by Gasteiger charge is -2.16. The van der Waals surface area contributed by atoms with E-state index in [9.17, 15) is 13.2 Å². The molecule has 30 heavy (non-hydrogen) atoms. The van der Waals surface area contributed by atoms with Gasteiger partial charge in [-0.2, -0.15) is 0 Å². The lowest BCUT2D eigenvalue weighted by molar-refractivity contribution is -0.118. The predicted octanol–water partition coefficient (Wildman–Crippen LogP) is 3.50. The van der Waals surface area contributed by atoms with Crippen molar-refractivity contribution in [2.24, 2.45) is 0 Å². The number of hydrogen-bond acceptors (Lipinski definition) is 4. The minimum atomic E-state index is -3.66. The Labute approximate surface area is 176 Å². The van der Waals surface area contributed by atoms with Gasteiger partial charge in [-0.25, -0.2) is 13.1 Å². The number of nitrogens with zero attached hydrogens (tertiary/aromatic N) is 1. The summed E-state index contributed by atoms with van der Waals surface area (Å²) >= 11 is 0. The van der Waals surface area contributed by atoms with E-state index in [0.29, 0.717) is 19.4 Å². The van der Waals surface area contributed by atoms with Crippen molar-refractivity contribution in [1.29, 1.82) is 0 Å². The highest BCUT2D eigenvalue weighted by molar-refractivity contribution is 7.89. The Balaban J connectivity index is 1.40. The van der Waals surface area contributed by atoms with Gasteiger partial charge in [0.1, 0.15) is 12.4 Å². The van der Waals surface area contributed by atoms with Gasteiger partial charge in [0.2, 0.25) is 15.9 Å². The molecule has 0 atom stereocenters. The van der Waals surface area contributed by atoms with Crippen LogP contribution in [0.3, 0.4) is 0 Å². The summed E-state index contributed by atoms with van der Waals surface area (Å²) in [6, 6.07) is 18.6. The minimum absolute atomic E-state index is 0.0491. The van der Waals surface area contributed by atoms with Crippen LogP contribution < -0.4 is 14.4 Å². The average molecular weight is 425 g/mol. The van der Waals surface area contributed by atoms with Crippen LogP contribution in [0.1, 0.15) is 18.9 Å². The highest BCUT2D eigenvalue weighted by Gasteiger charge is 2.25. The van der Waals surface area contributed by atoms with Crippen LogP contribution in [0, 0.1) is 0 Å². The zero-order chi connectivity index (χ0) is 21.1. The first-order valence-corrected chi connectivity index (χ1v) is 11.5. The molecule has 1 amide bonds. The van der Waals surface area contributed by atoms with Crippen LogP contribution in [-0.2, 0) is 21.2 Å². The summed E-state index contributed by atoms with van der Waals surface area (Å²) in [5.74, 6) is 0.776. The number of anilines is 1. The second-order valence-corrected chi connectivity index (χ2v) is 8.93. The summed E-state index contributed by atoms with van der Waals surface area (Å²) in [6.07, 6.45) is 1.09. The molecule has 1 heterocycles. The first kappa shape index (κ1) is 20.4. The molecular weight excluding hydrogens is 400 g/mol. The van der Waals surface area contributed by atoms with Crippen LogP contribution in [0.15, 0.2) is 65.6 Å². The Morgan fingerprint density at radius 1 is 1.10 bits per heavy atom. The number of sulfonamides is 1. The zero-order valence-electron chi connectivity index (χ0n) is 16.8. The van der Waals surface area contributed by atoms with Crippen molar-refractivity contribution < 1.29 is 17.9 Å². The van der Waals surface area contributed by atoms with E-state index in [4.69, 9.17) is 4.74 Å². The van der Waals surface area contributed by atoms with Crippen LogP contribution in [0.2, 0.25) is 0 Å². The molecule has 0 bridgehead atoms. The van der Waals surface area contributed by atoms with E-state index in [1.165, 1.54) is 0 Å². The molecule has 7 heteroatoms. The smallest absolute Gasteiger partial charge is 0.240 e. The molecular formula is C23H24N2O4S. The Kier molecular flexibility index (Phi) is 5.74. The first-order valence-electron chi connectivity index (χ1n) is 10.0. The Morgan fingerprint density at radius 2 is 1.90 bits per heavy atom. The second-order valence-electron chi connectivity index (χ2n) is 7.16. The van der Waals surface area contributed by atoms with Crippen molar-refractivity contribution >= 4 is 32.4 Å². The number of fused-ring (bicyclic) bond motifs is 2. The molecule has 0 saturated heterocycles. The number of ether oxygens (including phenoxy) is 1. The molecule has 156 valence electrons. The lowest BCUT2D eigenvalue weighted by Crippen LogP contribution is -2.29. The topological polar surface area (TPSA) is 75.7 Å². The molecule has 0 unspecified atom stereocenters. The number of carbonyl (C=O) groups excluding carboxylic acids is 1. The van der Waals surface area contributed by atoms with E-state index < -0.39 is 10.0 Å². The Bertz CT molecular complexity index is 1190. The molecule has 4 rings (SSSR count). The minimum Gasteiger partial charge on any atom is -0.492 e. The molecule has 3 aromatic carbocycles. The van der Waals surface area contributed by atoms with Gasteiger partial charge in [-0.15, -0.1) is 0 Å². The number of rotatable bonds is 7. The van der Waals surface area contributed by atoms with Crippen molar-refractivity contribution in [1.82, 2.24) is 4.72 Å². The number of hydrogen-bond donors (Lipinski definition) is 1. The van der Waals surface area contributed by atoms with Gasteiger partial charge in [0.05, 0.1) is 4.90 Å². The molecule has 0 saturated carbocycles. The van der Waals surface area contributed by atoms with Crippen molar-refractivity contribution in [3.05, 3.63) is 66.2 Å². The SMILES string of the molecule is CCC(=O)N1CCc2cc(S(=O)(=O)NCCOc3cccc4ccccc34)ccc21. The van der Waals surface area contributed by atoms with Crippen LogP contribution in [-0.4, -0.2) is 34.0 Å². The maximum Gasteiger partial charge on any atom is 0.240 e. The fourth-order valence-corrected chi connectivity index (χ4v) is 4.80. The normalized spacial score (nSPS) is 13.4. The third-order valence-corrected chi connectivity index (χ3v) is 6.72. The molecule has 0 radical (unpaired) electrons. The van der Waals surface area contributed by atoms with E-state index >= 15 is 0 Å². The molecule has 1 aliphatic heterocycles. The van der Waals surface area contributed by atoms with Crippen molar-refractivity contribution in [2.75, 3.05) is 24.6 Å². The van der Waals surface area contributed by atoms with Gasteiger partial charge in [0, 0.05) is 30.6 Å². The quantitative estimate of drug-likeness (QED) is 0.589. The fourth-order valence-electron chi connectivity index (χ4n) is 3.74. The standard InChI is InChI=1S/C23H24N2O4S/c1-2-23(26)25-14-12-18-16-19(10-11-21(18)25)30(27,28)24-13-15-29-22-9-5-7-17-6-3-4-8-20(17)22/h3-11,16,24H,2,12-15H2,1H3. The summed E-state index contributed by atoms with van der Waals surface area (Å²) in [6.45, 7) is 2.79. The molecule has 3 aromatic rings. The second kappa shape index (κ2) is 8.45. The molecule has 1 aliphatic rings. The largest absolute Gasteiger partial charge is 0.492 e. The van der Waals surface area contributed by atoms with Gasteiger partial charge in [0.15, 0.2) is 0 Å². The van der Waals surface area contributed by atoms with Crippen LogP contribution >= 0.6 is 0 Å². The van der Waals surface area contributed by atoms with E-state index in [-0.39, 0.29) is 24.0 Å². The summed E-state index contributed by atoms with van der Waals surface area (Å²) in [5, 5.41) is 2.07. The van der Waals surface area contributed by atoms with E-state index in [1.807, 2.05) is 49.4 Å². The fraction of sp³-hybridized carbons (Fsp3) is 0.261. The summed E-state index contributed by atoms with van der Waals surface area (Å²) in [5.41, 5.74) is 1.69. The summed E-state index contributed by atoms with van der Waals surface area (Å²) in [7, 11) is -3.66. The number of benzene rings is 3. The maximum atomic E-state index is 12.7. The summed E-state index contributed by atoms with van der Waals surface area (Å²) < 4.78 is 33.8. The van der Waals surface area contributed by atoms with Crippen molar-refractivity contribution in [2.45, 2.75) is 24.7 Å². The maximum absolute atomic E-state index is 12.7. The third kappa shape index (κ3) is 4.04. The van der Waals surface area contributed by atoms with Crippen LogP contribution in [0.5, 0.6) is 5.75 Å². The van der Waals surface area contributed by atoms with Gasteiger partial charge in [-0.1, -0.05) is 43.3 Å². The van der Waals surface area contributed by atoms with Gasteiger partial charge >= 0.3 is 0 Å². The Morgan fingerprint density at radius 3 is 2.73 bits per heavy atom. The van der Waals surface area contributed by atoms with Gasteiger partial charge in [0.25, 0.3) is 0 Å². The van der Waals surface area contributed by atoms with Crippen LogP contribution in [0.25, 0.3) is 10.8 Å². The van der Waals surface area contributed by atoms with Crippen LogP contribution in [0.4, 0.5) is 5.69 Å². The average Bonchev–Trinajstić information content (AvgIpc) is 3.19. The number of nitrogens with one attached hydrogen (secondary N) is 1. The van der Waals surface area contributed by atoms with Crippen molar-refractivity contribution in [3.63, 3.8) is 0 Å². The molecule has 0 aliphatic carbocycles. The van der Waals surface area contributed by atoms with Gasteiger partial charge in [-0.3, -0.25) is 4.79 Å². The monoisotopic (exact) mass is 424 g/mol. The molecule has 1 N–H and O–H groups in total. The molecule has 0 aromatic heterocycles. The highest BCUT2D eigenvalue weighted by Crippen LogP contribution is 2.30. The van der Waals surface area contributed by atoms with E-state index in [2.05, 4.69) is 4.72 Å². The Hall–Kier alpha value is -2.90. The number of carbonyl (C=O) groups is 1. The van der Waals surface area contributed by atoms with Gasteiger partial charge < -0.3 is 9.64 Å². The van der Waals surface area contributed by atoms with Crippen molar-refractivity contribution in [3.8, 4) is 5.75 Å². The summed E-state index contributed by atoms with van der Waals surface area (Å²) in [4.78, 5) is 13.9. The predicted molar refractivity (Wildman–Crippen MR) is 117 cm³/mol. The number of amides is 1. The molecule has 6 nitrogen and oxygen atoms in total. The molecule has 0 fully saturated rings. The highest BCUT2D eigenvalue weighted by atomic mass is 32.2. The van der Waals surface area contributed by atoms with E-state index in [0.717, 1.165) is 27.8 Å². The van der Waals surface area contributed by atoms with E-state index in [1.54, 1.807) is 23.1 Å². The molecule has 0 spiro atoms. The first-order chi connectivity index (χ1) is 14.5.